The van der Waals surface area contributed by atoms with Gasteiger partial charge in [0.05, 0.1) is 14.2 Å². The first-order valence-electron chi connectivity index (χ1n) is 7.46. The molecule has 1 aromatic rings. The van der Waals surface area contributed by atoms with Gasteiger partial charge in [0.1, 0.15) is 6.29 Å². The van der Waals surface area contributed by atoms with Crippen LogP contribution < -0.4 is 18.9 Å². The number of hydrogen-bond acceptors (Lipinski definition) is 7. The molecule has 138 valence electrons. The molecule has 0 radical (unpaired) electrons. The predicted molar refractivity (Wildman–Crippen MR) is 93.5 cm³/mol. The summed E-state index contributed by atoms with van der Waals surface area (Å²) in [6, 6.07) is 0. The van der Waals surface area contributed by atoms with E-state index >= 15 is 0 Å². The Morgan fingerprint density at radius 1 is 0.760 bits per heavy atom. The molecule has 0 aliphatic rings. The van der Waals surface area contributed by atoms with Crippen LogP contribution in [0.3, 0.4) is 0 Å². The van der Waals surface area contributed by atoms with E-state index in [0.29, 0.717) is 34.8 Å². The molecule has 0 saturated carbocycles. The fraction of sp³-hybridized carbons (Fsp3) is 0.389. The van der Waals surface area contributed by atoms with Gasteiger partial charge < -0.3 is 28.4 Å². The smallest absolute Gasteiger partial charge is 0.208 e. The van der Waals surface area contributed by atoms with Gasteiger partial charge in [0, 0.05) is 25.3 Å². The van der Waals surface area contributed by atoms with Crippen molar-refractivity contribution in [3.8, 4) is 23.0 Å². The van der Waals surface area contributed by atoms with Crippen molar-refractivity contribution in [3.05, 3.63) is 29.4 Å². The number of hydrogen-bond donors (Lipinski definition) is 0. The molecule has 0 spiro atoms. The van der Waals surface area contributed by atoms with E-state index in [4.69, 9.17) is 28.4 Å². The fourth-order valence-electron chi connectivity index (χ4n) is 2.18. The van der Waals surface area contributed by atoms with E-state index in [1.807, 2.05) is 6.92 Å². The molecule has 0 heterocycles. The van der Waals surface area contributed by atoms with E-state index < -0.39 is 0 Å². The Hall–Kier alpha value is -2.51. The standard InChI is InChI=1S/C18H24O7/c1-13-14(9-7-6-8-10-19)16(25-12-21-3)18(23-5)17(22-4)15(13)24-11-20-2/h6-10H,11-12H2,1-5H3. The average Bonchev–Trinajstić information content (AvgIpc) is 2.63. The first kappa shape index (κ1) is 20.5. The van der Waals surface area contributed by atoms with E-state index in [9.17, 15) is 4.79 Å². The van der Waals surface area contributed by atoms with Crippen molar-refractivity contribution in [2.75, 3.05) is 42.0 Å². The number of methoxy groups -OCH3 is 4. The van der Waals surface area contributed by atoms with Crippen molar-refractivity contribution in [2.24, 2.45) is 0 Å². The highest BCUT2D eigenvalue weighted by atomic mass is 16.7. The van der Waals surface area contributed by atoms with Crippen LogP contribution in [0, 0.1) is 6.92 Å². The number of carbonyl (C=O) groups excluding carboxylic acids is 1. The van der Waals surface area contributed by atoms with E-state index in [-0.39, 0.29) is 13.6 Å². The third-order valence-electron chi connectivity index (χ3n) is 3.22. The summed E-state index contributed by atoms with van der Waals surface area (Å²) in [6.07, 6.45) is 7.18. The van der Waals surface area contributed by atoms with E-state index in [1.54, 1.807) is 18.2 Å². The molecule has 1 aromatic carbocycles. The summed E-state index contributed by atoms with van der Waals surface area (Å²) in [5, 5.41) is 0. The maximum absolute atomic E-state index is 10.4. The minimum Gasteiger partial charge on any atom is -0.490 e. The molecule has 0 saturated heterocycles. The molecular formula is C18H24O7. The summed E-state index contributed by atoms with van der Waals surface area (Å²) in [7, 11) is 6.07. The Bertz CT molecular complexity index is 621. The molecule has 0 aliphatic heterocycles. The molecule has 0 amide bonds. The van der Waals surface area contributed by atoms with Crippen molar-refractivity contribution < 1.29 is 33.2 Å². The Kier molecular flexibility index (Phi) is 9.13. The van der Waals surface area contributed by atoms with Crippen LogP contribution in [0.2, 0.25) is 0 Å². The molecule has 0 atom stereocenters. The van der Waals surface area contributed by atoms with Gasteiger partial charge in [0.2, 0.25) is 11.5 Å². The average molecular weight is 352 g/mol. The van der Waals surface area contributed by atoms with Gasteiger partial charge in [-0.1, -0.05) is 18.2 Å². The Morgan fingerprint density at radius 3 is 1.84 bits per heavy atom. The zero-order valence-corrected chi connectivity index (χ0v) is 15.2. The largest absolute Gasteiger partial charge is 0.490 e. The molecule has 7 nitrogen and oxygen atoms in total. The molecule has 0 aromatic heterocycles. The minimum atomic E-state index is 0.0300. The predicted octanol–water partition coefficient (Wildman–Crippen LogP) is 2.75. The Balaban J connectivity index is 3.58. The number of benzene rings is 1. The maximum atomic E-state index is 10.4. The van der Waals surface area contributed by atoms with Crippen molar-refractivity contribution in [1.82, 2.24) is 0 Å². The van der Waals surface area contributed by atoms with Crippen molar-refractivity contribution in [3.63, 3.8) is 0 Å². The number of rotatable bonds is 11. The van der Waals surface area contributed by atoms with Crippen LogP contribution in [-0.4, -0.2) is 48.3 Å². The van der Waals surface area contributed by atoms with Crippen LogP contribution in [0.4, 0.5) is 0 Å². The highest BCUT2D eigenvalue weighted by molar-refractivity contribution is 5.75. The monoisotopic (exact) mass is 352 g/mol. The quantitative estimate of drug-likeness (QED) is 0.262. The lowest BCUT2D eigenvalue weighted by atomic mass is 10.0. The van der Waals surface area contributed by atoms with Gasteiger partial charge in [-0.05, 0) is 13.0 Å². The van der Waals surface area contributed by atoms with Crippen LogP contribution in [-0.2, 0) is 14.3 Å². The second-order valence-corrected chi connectivity index (χ2v) is 4.75. The van der Waals surface area contributed by atoms with Crippen LogP contribution in [0.15, 0.2) is 18.2 Å². The zero-order valence-electron chi connectivity index (χ0n) is 15.2. The van der Waals surface area contributed by atoms with Crippen LogP contribution >= 0.6 is 0 Å². The summed E-state index contributed by atoms with van der Waals surface area (Å²) in [6.45, 7) is 1.94. The van der Waals surface area contributed by atoms with E-state index in [2.05, 4.69) is 0 Å². The third-order valence-corrected chi connectivity index (χ3v) is 3.22. The first-order valence-corrected chi connectivity index (χ1v) is 7.46. The molecule has 0 fully saturated rings. The van der Waals surface area contributed by atoms with Crippen molar-refractivity contribution in [2.45, 2.75) is 6.92 Å². The lowest BCUT2D eigenvalue weighted by molar-refractivity contribution is -0.104. The minimum absolute atomic E-state index is 0.0300. The third kappa shape index (κ3) is 5.23. The van der Waals surface area contributed by atoms with Gasteiger partial charge in [-0.25, -0.2) is 0 Å². The van der Waals surface area contributed by atoms with Crippen LogP contribution in [0.5, 0.6) is 23.0 Å². The molecule has 0 aliphatic carbocycles. The topological polar surface area (TPSA) is 72.5 Å². The summed E-state index contributed by atoms with van der Waals surface area (Å²) in [5.74, 6) is 1.68. The maximum Gasteiger partial charge on any atom is 0.208 e. The van der Waals surface area contributed by atoms with Gasteiger partial charge in [0.15, 0.2) is 25.1 Å². The van der Waals surface area contributed by atoms with Gasteiger partial charge in [-0.3, -0.25) is 4.79 Å². The highest BCUT2D eigenvalue weighted by Gasteiger charge is 2.25. The fourth-order valence-corrected chi connectivity index (χ4v) is 2.18. The lowest BCUT2D eigenvalue weighted by Crippen LogP contribution is -2.08. The highest BCUT2D eigenvalue weighted by Crippen LogP contribution is 2.50. The van der Waals surface area contributed by atoms with E-state index in [1.165, 1.54) is 34.5 Å². The molecule has 1 rings (SSSR count). The van der Waals surface area contributed by atoms with E-state index in [0.717, 1.165) is 5.56 Å². The van der Waals surface area contributed by atoms with Crippen LogP contribution in [0.25, 0.3) is 6.08 Å². The van der Waals surface area contributed by atoms with Crippen molar-refractivity contribution in [1.29, 1.82) is 0 Å². The second-order valence-electron chi connectivity index (χ2n) is 4.75. The van der Waals surface area contributed by atoms with Gasteiger partial charge >= 0.3 is 0 Å². The Labute approximate surface area is 147 Å². The first-order chi connectivity index (χ1) is 12.2. The number of carbonyl (C=O) groups is 1. The lowest BCUT2D eigenvalue weighted by Gasteiger charge is -2.21. The van der Waals surface area contributed by atoms with Gasteiger partial charge in [-0.15, -0.1) is 0 Å². The van der Waals surface area contributed by atoms with Crippen LogP contribution in [0.1, 0.15) is 11.1 Å². The summed E-state index contributed by atoms with van der Waals surface area (Å²) in [4.78, 5) is 10.4. The molecule has 25 heavy (non-hydrogen) atoms. The SMILES string of the molecule is COCOc1c(C)c(C=CC=CC=O)c(OCOC)c(OC)c1OC. The molecule has 0 bridgehead atoms. The molecule has 0 unspecified atom stereocenters. The zero-order chi connectivity index (χ0) is 18.7. The summed E-state index contributed by atoms with van der Waals surface area (Å²) >= 11 is 0. The second kappa shape index (κ2) is 11.1. The van der Waals surface area contributed by atoms with Crippen molar-refractivity contribution >= 4 is 12.4 Å². The molecular weight excluding hydrogens is 328 g/mol. The number of allylic oxidation sites excluding steroid dienone is 3. The molecule has 0 N–H and O–H groups in total. The number of aldehydes is 1. The summed E-state index contributed by atoms with van der Waals surface area (Å²) < 4.78 is 32.3. The number of ether oxygens (including phenoxy) is 6. The Morgan fingerprint density at radius 2 is 1.32 bits per heavy atom. The van der Waals surface area contributed by atoms with Gasteiger partial charge in [0.25, 0.3) is 0 Å². The molecule has 7 heteroatoms. The van der Waals surface area contributed by atoms with Gasteiger partial charge in [-0.2, -0.15) is 0 Å². The normalized spacial score (nSPS) is 11.1. The summed E-state index contributed by atoms with van der Waals surface area (Å²) in [5.41, 5.74) is 1.47.